The van der Waals surface area contributed by atoms with Crippen LogP contribution in [0.1, 0.15) is 52.4 Å². The quantitative estimate of drug-likeness (QED) is 0.434. The standard InChI is InChI=1S/C24H37N3OSi/c1-18-25-15-20(16-26-18)19-10-11-21-22(14-19)27(17-24(21,5)6)12-9-13-28-29(7,8)23(2,3)4/h10-11,14-16H,9,12-13,17H2,1-8H3. The fraction of sp³-hybridized carbons (Fsp3) is 0.583. The number of aromatic nitrogens is 2. The van der Waals surface area contributed by atoms with E-state index >= 15 is 0 Å². The maximum absolute atomic E-state index is 6.39. The molecule has 0 saturated carbocycles. The smallest absolute Gasteiger partial charge is 0.191 e. The molecule has 1 aromatic carbocycles. The number of aryl methyl sites for hydroxylation is 1. The van der Waals surface area contributed by atoms with Crippen LogP contribution < -0.4 is 4.90 Å². The highest BCUT2D eigenvalue weighted by atomic mass is 28.4. The predicted molar refractivity (Wildman–Crippen MR) is 125 cm³/mol. The van der Waals surface area contributed by atoms with E-state index in [0.717, 1.165) is 37.5 Å². The van der Waals surface area contributed by atoms with Gasteiger partial charge in [0, 0.05) is 48.8 Å². The molecule has 5 heteroatoms. The summed E-state index contributed by atoms with van der Waals surface area (Å²) >= 11 is 0. The van der Waals surface area contributed by atoms with Crippen LogP contribution in [-0.4, -0.2) is 38.0 Å². The van der Waals surface area contributed by atoms with Crippen molar-refractivity contribution < 1.29 is 4.43 Å². The third-order valence-corrected chi connectivity index (χ3v) is 11.1. The summed E-state index contributed by atoms with van der Waals surface area (Å²) in [7, 11) is -1.67. The van der Waals surface area contributed by atoms with Crippen molar-refractivity contribution in [2.24, 2.45) is 0 Å². The zero-order chi connectivity index (χ0) is 21.4. The first-order valence-electron chi connectivity index (χ1n) is 10.7. The zero-order valence-corrected chi connectivity index (χ0v) is 20.5. The van der Waals surface area contributed by atoms with E-state index in [1.165, 1.54) is 16.8 Å². The summed E-state index contributed by atoms with van der Waals surface area (Å²) in [5.41, 5.74) is 5.20. The highest BCUT2D eigenvalue weighted by Crippen LogP contribution is 2.42. The highest BCUT2D eigenvalue weighted by molar-refractivity contribution is 6.74. The molecule has 2 heterocycles. The van der Waals surface area contributed by atoms with Crippen LogP contribution in [0.5, 0.6) is 0 Å². The van der Waals surface area contributed by atoms with Gasteiger partial charge >= 0.3 is 0 Å². The molecule has 0 saturated heterocycles. The molecule has 0 unspecified atom stereocenters. The second-order valence-corrected chi connectivity index (χ2v) is 15.3. The molecule has 0 N–H and O–H groups in total. The normalized spacial score (nSPS) is 16.2. The van der Waals surface area contributed by atoms with Gasteiger partial charge in [0.2, 0.25) is 0 Å². The Kier molecular flexibility index (Phi) is 5.94. The van der Waals surface area contributed by atoms with Crippen molar-refractivity contribution in [2.45, 2.75) is 71.5 Å². The molecule has 3 rings (SSSR count). The summed E-state index contributed by atoms with van der Waals surface area (Å²) in [5, 5.41) is 0.264. The molecule has 0 amide bonds. The topological polar surface area (TPSA) is 38.2 Å². The number of anilines is 1. The average Bonchev–Trinajstić information content (AvgIpc) is 2.88. The summed E-state index contributed by atoms with van der Waals surface area (Å²) in [6, 6.07) is 6.81. The molecule has 29 heavy (non-hydrogen) atoms. The van der Waals surface area contributed by atoms with Gasteiger partial charge in [-0.05, 0) is 48.7 Å². The van der Waals surface area contributed by atoms with Crippen LogP contribution in [0.4, 0.5) is 5.69 Å². The van der Waals surface area contributed by atoms with Crippen molar-refractivity contribution in [2.75, 3.05) is 24.6 Å². The third kappa shape index (κ3) is 4.72. The molecular formula is C24H37N3OSi. The van der Waals surface area contributed by atoms with Crippen molar-refractivity contribution in [3.63, 3.8) is 0 Å². The Morgan fingerprint density at radius 2 is 1.76 bits per heavy atom. The average molecular weight is 412 g/mol. The van der Waals surface area contributed by atoms with Crippen LogP contribution in [0.2, 0.25) is 18.1 Å². The van der Waals surface area contributed by atoms with E-state index in [-0.39, 0.29) is 10.5 Å². The van der Waals surface area contributed by atoms with Gasteiger partial charge in [0.25, 0.3) is 0 Å². The minimum atomic E-state index is -1.67. The lowest BCUT2D eigenvalue weighted by Gasteiger charge is -2.36. The summed E-state index contributed by atoms with van der Waals surface area (Å²) in [6.07, 6.45) is 4.89. The molecule has 0 bridgehead atoms. The van der Waals surface area contributed by atoms with Crippen LogP contribution in [0, 0.1) is 6.92 Å². The maximum atomic E-state index is 6.39. The first-order valence-corrected chi connectivity index (χ1v) is 13.6. The SMILES string of the molecule is Cc1ncc(-c2ccc3c(c2)N(CCCO[Si](C)(C)C(C)(C)C)CC3(C)C)cn1. The van der Waals surface area contributed by atoms with E-state index in [1.54, 1.807) is 0 Å². The maximum Gasteiger partial charge on any atom is 0.191 e. The first-order chi connectivity index (χ1) is 13.4. The number of benzene rings is 1. The van der Waals surface area contributed by atoms with E-state index in [0.29, 0.717) is 0 Å². The van der Waals surface area contributed by atoms with Crippen molar-refractivity contribution in [3.05, 3.63) is 42.0 Å². The van der Waals surface area contributed by atoms with Gasteiger partial charge in [-0.1, -0.05) is 46.8 Å². The van der Waals surface area contributed by atoms with Crippen molar-refractivity contribution >= 4 is 14.0 Å². The lowest BCUT2D eigenvalue weighted by molar-refractivity contribution is 0.283. The fourth-order valence-electron chi connectivity index (χ4n) is 3.73. The lowest BCUT2D eigenvalue weighted by atomic mass is 9.86. The van der Waals surface area contributed by atoms with Crippen LogP contribution in [-0.2, 0) is 9.84 Å². The Balaban J connectivity index is 1.73. The molecule has 1 aliphatic rings. The molecular weight excluding hydrogens is 374 g/mol. The Morgan fingerprint density at radius 3 is 2.38 bits per heavy atom. The Labute approximate surface area is 177 Å². The van der Waals surface area contributed by atoms with E-state index in [1.807, 2.05) is 19.3 Å². The van der Waals surface area contributed by atoms with Gasteiger partial charge in [-0.3, -0.25) is 0 Å². The predicted octanol–water partition coefficient (Wildman–Crippen LogP) is 5.96. The number of hydrogen-bond donors (Lipinski definition) is 0. The summed E-state index contributed by atoms with van der Waals surface area (Å²) in [6.45, 7) is 21.1. The van der Waals surface area contributed by atoms with Crippen molar-refractivity contribution in [1.29, 1.82) is 0 Å². The van der Waals surface area contributed by atoms with Crippen LogP contribution in [0.3, 0.4) is 0 Å². The molecule has 0 spiro atoms. The summed E-state index contributed by atoms with van der Waals surface area (Å²) in [4.78, 5) is 11.3. The third-order valence-electron chi connectivity index (χ3n) is 6.61. The van der Waals surface area contributed by atoms with E-state index in [2.05, 4.69) is 80.8 Å². The van der Waals surface area contributed by atoms with E-state index in [9.17, 15) is 0 Å². The minimum Gasteiger partial charge on any atom is -0.417 e. The largest absolute Gasteiger partial charge is 0.417 e. The molecule has 158 valence electrons. The van der Waals surface area contributed by atoms with Gasteiger partial charge in [0.15, 0.2) is 8.32 Å². The molecule has 0 radical (unpaired) electrons. The Bertz CT molecular complexity index is 853. The zero-order valence-electron chi connectivity index (χ0n) is 19.5. The molecule has 0 atom stereocenters. The van der Waals surface area contributed by atoms with Crippen molar-refractivity contribution in [1.82, 2.24) is 9.97 Å². The van der Waals surface area contributed by atoms with Crippen LogP contribution in [0.15, 0.2) is 30.6 Å². The molecule has 1 aromatic heterocycles. The van der Waals surface area contributed by atoms with E-state index in [4.69, 9.17) is 4.43 Å². The monoisotopic (exact) mass is 411 g/mol. The minimum absolute atomic E-state index is 0.165. The van der Waals surface area contributed by atoms with Crippen molar-refractivity contribution in [3.8, 4) is 11.1 Å². The summed E-state index contributed by atoms with van der Waals surface area (Å²) in [5.74, 6) is 0.805. The highest BCUT2D eigenvalue weighted by Gasteiger charge is 2.37. The second kappa shape index (κ2) is 7.84. The van der Waals surface area contributed by atoms with Crippen LogP contribution >= 0.6 is 0 Å². The van der Waals surface area contributed by atoms with Gasteiger partial charge < -0.3 is 9.33 Å². The number of hydrogen-bond acceptors (Lipinski definition) is 4. The van der Waals surface area contributed by atoms with Gasteiger partial charge in [-0.15, -0.1) is 0 Å². The molecule has 0 aliphatic carbocycles. The first kappa shape index (κ1) is 22.0. The molecule has 4 nitrogen and oxygen atoms in total. The van der Waals surface area contributed by atoms with Gasteiger partial charge in [0.05, 0.1) is 0 Å². The van der Waals surface area contributed by atoms with Gasteiger partial charge in [-0.25, -0.2) is 9.97 Å². The Hall–Kier alpha value is -1.72. The van der Waals surface area contributed by atoms with Crippen LogP contribution in [0.25, 0.3) is 11.1 Å². The number of nitrogens with zero attached hydrogens (tertiary/aromatic N) is 3. The Morgan fingerprint density at radius 1 is 1.10 bits per heavy atom. The van der Waals surface area contributed by atoms with Gasteiger partial charge in [0.1, 0.15) is 5.82 Å². The molecule has 2 aromatic rings. The lowest BCUT2D eigenvalue weighted by Crippen LogP contribution is -2.41. The fourth-order valence-corrected chi connectivity index (χ4v) is 4.82. The summed E-state index contributed by atoms with van der Waals surface area (Å²) < 4.78 is 6.39. The number of rotatable bonds is 6. The second-order valence-electron chi connectivity index (χ2n) is 10.5. The van der Waals surface area contributed by atoms with E-state index < -0.39 is 8.32 Å². The van der Waals surface area contributed by atoms with Gasteiger partial charge in [-0.2, -0.15) is 0 Å². The molecule has 1 aliphatic heterocycles. The molecule has 0 fully saturated rings. The number of fused-ring (bicyclic) bond motifs is 1.